The van der Waals surface area contributed by atoms with Crippen molar-refractivity contribution in [1.82, 2.24) is 4.90 Å². The van der Waals surface area contributed by atoms with Crippen molar-refractivity contribution in [1.29, 1.82) is 0 Å². The van der Waals surface area contributed by atoms with Gasteiger partial charge in [-0.1, -0.05) is 13.8 Å². The van der Waals surface area contributed by atoms with Gasteiger partial charge in [0.25, 0.3) is 0 Å². The van der Waals surface area contributed by atoms with Crippen LogP contribution in [0.2, 0.25) is 0 Å². The average molecular weight is 169 g/mol. The van der Waals surface area contributed by atoms with E-state index in [-0.39, 0.29) is 0 Å². The Labute approximate surface area is 74.9 Å². The number of carbonyl (C=O) groups excluding carboxylic acids is 1. The second-order valence-corrected chi connectivity index (χ2v) is 3.52. The summed E-state index contributed by atoms with van der Waals surface area (Å²) in [5.74, 6) is 0.933. The number of hydrogen-bond donors (Lipinski definition) is 0. The molecular weight excluding hydrogens is 150 g/mol. The lowest BCUT2D eigenvalue weighted by Crippen LogP contribution is -2.26. The Kier molecular flexibility index (Phi) is 3.73. The fourth-order valence-corrected chi connectivity index (χ4v) is 1.42. The monoisotopic (exact) mass is 169 g/mol. The molecule has 2 heteroatoms. The molecule has 0 amide bonds. The van der Waals surface area contributed by atoms with Crippen LogP contribution in [0.15, 0.2) is 0 Å². The number of ketones is 1. The quantitative estimate of drug-likeness (QED) is 0.603. The maximum atomic E-state index is 11.3. The van der Waals surface area contributed by atoms with Crippen LogP contribution in [0.1, 0.15) is 33.1 Å². The number of nitrogens with zero attached hydrogens (tertiary/aromatic N) is 1. The molecule has 0 spiro atoms. The molecule has 0 aromatic heterocycles. The molecule has 1 fully saturated rings. The van der Waals surface area contributed by atoms with Gasteiger partial charge in [-0.2, -0.15) is 0 Å². The predicted molar refractivity (Wildman–Crippen MR) is 50.1 cm³/mol. The van der Waals surface area contributed by atoms with Crippen molar-refractivity contribution in [3.8, 4) is 0 Å². The van der Waals surface area contributed by atoms with Crippen molar-refractivity contribution in [2.75, 3.05) is 19.6 Å². The van der Waals surface area contributed by atoms with E-state index in [0.29, 0.717) is 11.7 Å². The van der Waals surface area contributed by atoms with Crippen molar-refractivity contribution >= 4 is 5.78 Å². The largest absolute Gasteiger partial charge is 0.303 e. The Morgan fingerprint density at radius 1 is 1.33 bits per heavy atom. The van der Waals surface area contributed by atoms with E-state index >= 15 is 0 Å². The highest BCUT2D eigenvalue weighted by molar-refractivity contribution is 5.83. The predicted octanol–water partition coefficient (Wildman–Crippen LogP) is 1.70. The molecule has 0 bridgehead atoms. The summed E-state index contributed by atoms with van der Waals surface area (Å²) in [7, 11) is 0. The Bertz CT molecular complexity index is 148. The Morgan fingerprint density at radius 2 is 1.92 bits per heavy atom. The van der Waals surface area contributed by atoms with Gasteiger partial charge in [0, 0.05) is 18.9 Å². The molecule has 0 aromatic rings. The lowest BCUT2D eigenvalue weighted by Gasteiger charge is -2.16. The molecule has 1 rings (SSSR count). The first kappa shape index (κ1) is 9.72. The minimum Gasteiger partial charge on any atom is -0.303 e. The van der Waals surface area contributed by atoms with Crippen molar-refractivity contribution in [3.63, 3.8) is 0 Å². The summed E-state index contributed by atoms with van der Waals surface area (Å²) < 4.78 is 0. The number of hydrogen-bond acceptors (Lipinski definition) is 2. The molecule has 70 valence electrons. The maximum Gasteiger partial charge on any atom is 0.137 e. The summed E-state index contributed by atoms with van der Waals surface area (Å²) in [6.07, 6.45) is 3.07. The Hall–Kier alpha value is -0.370. The number of rotatable bonds is 6. The highest BCUT2D eigenvalue weighted by Crippen LogP contribution is 2.30. The van der Waals surface area contributed by atoms with Crippen molar-refractivity contribution in [3.05, 3.63) is 0 Å². The molecule has 12 heavy (non-hydrogen) atoms. The third-order valence-corrected chi connectivity index (χ3v) is 2.60. The van der Waals surface area contributed by atoms with Crippen LogP contribution in [0.4, 0.5) is 0 Å². The van der Waals surface area contributed by atoms with Crippen molar-refractivity contribution < 1.29 is 4.79 Å². The second-order valence-electron chi connectivity index (χ2n) is 3.52. The van der Waals surface area contributed by atoms with Crippen LogP contribution in [0.5, 0.6) is 0 Å². The Balaban J connectivity index is 2.09. The van der Waals surface area contributed by atoms with Gasteiger partial charge in [-0.25, -0.2) is 0 Å². The van der Waals surface area contributed by atoms with E-state index in [2.05, 4.69) is 18.7 Å². The first-order valence-corrected chi connectivity index (χ1v) is 5.03. The van der Waals surface area contributed by atoms with Crippen LogP contribution in [-0.2, 0) is 4.79 Å². The fourth-order valence-electron chi connectivity index (χ4n) is 1.42. The van der Waals surface area contributed by atoms with E-state index in [0.717, 1.165) is 38.9 Å². The van der Waals surface area contributed by atoms with Gasteiger partial charge in [-0.3, -0.25) is 4.79 Å². The molecule has 0 unspecified atom stereocenters. The minimum atomic E-state index is 0.445. The molecule has 0 aliphatic heterocycles. The maximum absolute atomic E-state index is 11.3. The normalized spacial score (nSPS) is 16.9. The summed E-state index contributed by atoms with van der Waals surface area (Å²) in [5, 5.41) is 0. The smallest absolute Gasteiger partial charge is 0.137 e. The average Bonchev–Trinajstić information content (AvgIpc) is 2.88. The fraction of sp³-hybridized carbons (Fsp3) is 0.900. The number of carbonyl (C=O) groups is 1. The zero-order chi connectivity index (χ0) is 8.97. The van der Waals surface area contributed by atoms with E-state index in [9.17, 15) is 4.79 Å². The summed E-state index contributed by atoms with van der Waals surface area (Å²) in [5.41, 5.74) is 0. The van der Waals surface area contributed by atoms with Gasteiger partial charge in [0.1, 0.15) is 5.78 Å². The standard InChI is InChI=1S/C10H19NO/c1-3-11(4-2)8-7-10(12)9-5-6-9/h9H,3-8H2,1-2H3. The van der Waals surface area contributed by atoms with Gasteiger partial charge in [0.05, 0.1) is 0 Å². The zero-order valence-electron chi connectivity index (χ0n) is 8.18. The molecule has 2 nitrogen and oxygen atoms in total. The van der Waals surface area contributed by atoms with E-state index in [1.165, 1.54) is 0 Å². The van der Waals surface area contributed by atoms with E-state index in [1.807, 2.05) is 0 Å². The van der Waals surface area contributed by atoms with Gasteiger partial charge in [-0.05, 0) is 25.9 Å². The lowest BCUT2D eigenvalue weighted by molar-refractivity contribution is -0.120. The zero-order valence-corrected chi connectivity index (χ0v) is 8.18. The Morgan fingerprint density at radius 3 is 2.33 bits per heavy atom. The van der Waals surface area contributed by atoms with E-state index < -0.39 is 0 Å². The topological polar surface area (TPSA) is 20.3 Å². The highest BCUT2D eigenvalue weighted by atomic mass is 16.1. The van der Waals surface area contributed by atoms with Gasteiger partial charge < -0.3 is 4.90 Å². The first-order chi connectivity index (χ1) is 5.77. The van der Waals surface area contributed by atoms with Gasteiger partial charge in [-0.15, -0.1) is 0 Å². The second kappa shape index (κ2) is 4.61. The lowest BCUT2D eigenvalue weighted by atomic mass is 10.2. The van der Waals surface area contributed by atoms with Crippen LogP contribution in [0, 0.1) is 5.92 Å². The highest BCUT2D eigenvalue weighted by Gasteiger charge is 2.28. The van der Waals surface area contributed by atoms with E-state index in [1.54, 1.807) is 0 Å². The van der Waals surface area contributed by atoms with Crippen LogP contribution in [-0.4, -0.2) is 30.3 Å². The minimum absolute atomic E-state index is 0.445. The van der Waals surface area contributed by atoms with Gasteiger partial charge in [0.15, 0.2) is 0 Å². The molecule has 0 saturated heterocycles. The molecule has 0 N–H and O–H groups in total. The van der Waals surface area contributed by atoms with Crippen LogP contribution < -0.4 is 0 Å². The first-order valence-electron chi connectivity index (χ1n) is 5.03. The molecular formula is C10H19NO. The molecule has 0 heterocycles. The summed E-state index contributed by atoms with van der Waals surface area (Å²) in [6.45, 7) is 7.38. The third kappa shape index (κ3) is 2.94. The number of Topliss-reactive ketones (excluding diaryl/α,β-unsaturated/α-hetero) is 1. The van der Waals surface area contributed by atoms with E-state index in [4.69, 9.17) is 0 Å². The molecule has 1 saturated carbocycles. The summed E-state index contributed by atoms with van der Waals surface area (Å²) in [4.78, 5) is 13.6. The summed E-state index contributed by atoms with van der Waals surface area (Å²) >= 11 is 0. The molecule has 0 aromatic carbocycles. The van der Waals surface area contributed by atoms with Gasteiger partial charge >= 0.3 is 0 Å². The summed E-state index contributed by atoms with van der Waals surface area (Å²) in [6, 6.07) is 0. The molecule has 1 aliphatic rings. The van der Waals surface area contributed by atoms with Crippen LogP contribution in [0.3, 0.4) is 0 Å². The molecule has 0 atom stereocenters. The SMILES string of the molecule is CCN(CC)CCC(=O)C1CC1. The van der Waals surface area contributed by atoms with Gasteiger partial charge in [0.2, 0.25) is 0 Å². The third-order valence-electron chi connectivity index (χ3n) is 2.60. The molecule has 0 radical (unpaired) electrons. The van der Waals surface area contributed by atoms with Crippen molar-refractivity contribution in [2.45, 2.75) is 33.1 Å². The molecule has 1 aliphatic carbocycles. The van der Waals surface area contributed by atoms with Crippen LogP contribution in [0.25, 0.3) is 0 Å². The van der Waals surface area contributed by atoms with Crippen molar-refractivity contribution in [2.24, 2.45) is 5.92 Å². The van der Waals surface area contributed by atoms with Crippen LogP contribution >= 0.6 is 0 Å².